The molecule has 5 aliphatic rings. The SMILES string of the molecule is N[C@H]1CC[C@@](C(=O)OC(=O)C(F)(F)F)(C23CC4CC(CC(C4)C2)C3)C1. The average molecular weight is 359 g/mol. The molecule has 2 atom stereocenters. The molecule has 4 nitrogen and oxygen atoms in total. The molecule has 0 unspecified atom stereocenters. The molecule has 5 aliphatic carbocycles. The van der Waals surface area contributed by atoms with E-state index in [-0.39, 0.29) is 11.5 Å². The zero-order chi connectivity index (χ0) is 18.0. The van der Waals surface area contributed by atoms with Crippen molar-refractivity contribution in [1.82, 2.24) is 0 Å². The number of rotatable bonds is 2. The van der Waals surface area contributed by atoms with E-state index in [2.05, 4.69) is 4.74 Å². The van der Waals surface area contributed by atoms with Crippen molar-refractivity contribution in [2.75, 3.05) is 0 Å². The second kappa shape index (κ2) is 5.44. The fraction of sp³-hybridized carbons (Fsp3) is 0.889. The van der Waals surface area contributed by atoms with Crippen molar-refractivity contribution in [1.29, 1.82) is 0 Å². The third-order valence-corrected chi connectivity index (χ3v) is 7.41. The molecule has 0 amide bonds. The van der Waals surface area contributed by atoms with Crippen LogP contribution < -0.4 is 5.73 Å². The number of ether oxygens (including phenoxy) is 1. The van der Waals surface area contributed by atoms with Crippen molar-refractivity contribution in [2.45, 2.75) is 70.0 Å². The first-order chi connectivity index (χ1) is 11.6. The van der Waals surface area contributed by atoms with Gasteiger partial charge >= 0.3 is 18.1 Å². The average Bonchev–Trinajstić information content (AvgIpc) is 2.88. The minimum absolute atomic E-state index is 0.221. The molecule has 140 valence electrons. The fourth-order valence-corrected chi connectivity index (χ4v) is 6.90. The van der Waals surface area contributed by atoms with Gasteiger partial charge in [0.05, 0.1) is 5.41 Å². The summed E-state index contributed by atoms with van der Waals surface area (Å²) in [5.74, 6) is -1.74. The zero-order valence-electron chi connectivity index (χ0n) is 14.1. The summed E-state index contributed by atoms with van der Waals surface area (Å²) >= 11 is 0. The number of alkyl halides is 3. The quantitative estimate of drug-likeness (QED) is 0.606. The Labute approximate surface area is 144 Å². The predicted molar refractivity (Wildman–Crippen MR) is 82.0 cm³/mol. The van der Waals surface area contributed by atoms with Crippen LogP contribution in [0, 0.1) is 28.6 Å². The maximum atomic E-state index is 12.9. The molecule has 0 aliphatic heterocycles. The monoisotopic (exact) mass is 359 g/mol. The molecule has 5 rings (SSSR count). The van der Waals surface area contributed by atoms with Gasteiger partial charge in [0, 0.05) is 6.04 Å². The molecule has 5 saturated carbocycles. The summed E-state index contributed by atoms with van der Waals surface area (Å²) in [6, 6.07) is -0.221. The molecule has 4 bridgehead atoms. The molecule has 0 aromatic rings. The zero-order valence-corrected chi connectivity index (χ0v) is 14.1. The molecule has 0 spiro atoms. The van der Waals surface area contributed by atoms with E-state index < -0.39 is 23.5 Å². The Hall–Kier alpha value is -1.11. The van der Waals surface area contributed by atoms with E-state index in [9.17, 15) is 22.8 Å². The van der Waals surface area contributed by atoms with Gasteiger partial charge in [0.2, 0.25) is 0 Å². The van der Waals surface area contributed by atoms with Crippen molar-refractivity contribution in [3.63, 3.8) is 0 Å². The highest BCUT2D eigenvalue weighted by molar-refractivity contribution is 5.92. The molecule has 5 fully saturated rings. The molecular weight excluding hydrogens is 335 g/mol. The normalized spacial score (nSPS) is 45.6. The highest BCUT2D eigenvalue weighted by Crippen LogP contribution is 2.69. The van der Waals surface area contributed by atoms with E-state index in [1.54, 1.807) is 0 Å². The van der Waals surface area contributed by atoms with Crippen molar-refractivity contribution in [2.24, 2.45) is 34.3 Å². The van der Waals surface area contributed by atoms with Crippen molar-refractivity contribution in [3.05, 3.63) is 0 Å². The molecule has 0 saturated heterocycles. The maximum Gasteiger partial charge on any atom is 0.491 e. The van der Waals surface area contributed by atoms with E-state index in [4.69, 9.17) is 5.73 Å². The second-order valence-corrected chi connectivity index (χ2v) is 8.96. The summed E-state index contributed by atoms with van der Waals surface area (Å²) in [5.41, 5.74) is 4.71. The maximum absolute atomic E-state index is 12.9. The summed E-state index contributed by atoms with van der Waals surface area (Å²) in [6.07, 6.45) is 2.29. The van der Waals surface area contributed by atoms with Crippen LogP contribution in [0.15, 0.2) is 0 Å². The minimum Gasteiger partial charge on any atom is -0.386 e. The smallest absolute Gasteiger partial charge is 0.386 e. The Kier molecular flexibility index (Phi) is 3.77. The van der Waals surface area contributed by atoms with E-state index in [1.807, 2.05) is 0 Å². The Morgan fingerprint density at radius 2 is 1.48 bits per heavy atom. The van der Waals surface area contributed by atoms with Gasteiger partial charge in [-0.1, -0.05) is 0 Å². The van der Waals surface area contributed by atoms with Crippen LogP contribution in [-0.4, -0.2) is 24.2 Å². The van der Waals surface area contributed by atoms with Crippen LogP contribution in [0.5, 0.6) is 0 Å². The first-order valence-electron chi connectivity index (χ1n) is 9.23. The molecule has 25 heavy (non-hydrogen) atoms. The van der Waals surface area contributed by atoms with Gasteiger partial charge in [-0.25, -0.2) is 4.79 Å². The number of carbonyl (C=O) groups is 2. The van der Waals surface area contributed by atoms with Gasteiger partial charge in [-0.3, -0.25) is 4.79 Å². The van der Waals surface area contributed by atoms with Gasteiger partial charge < -0.3 is 10.5 Å². The highest BCUT2D eigenvalue weighted by Gasteiger charge is 2.66. The van der Waals surface area contributed by atoms with Crippen LogP contribution in [0.1, 0.15) is 57.8 Å². The summed E-state index contributed by atoms with van der Waals surface area (Å²) in [6.45, 7) is 0. The lowest BCUT2D eigenvalue weighted by Crippen LogP contribution is -2.57. The summed E-state index contributed by atoms with van der Waals surface area (Å²) in [5, 5.41) is 0. The Balaban J connectivity index is 1.66. The Morgan fingerprint density at radius 3 is 1.88 bits per heavy atom. The van der Waals surface area contributed by atoms with E-state index in [0.717, 1.165) is 38.5 Å². The van der Waals surface area contributed by atoms with Crippen LogP contribution in [0.3, 0.4) is 0 Å². The predicted octanol–water partition coefficient (Wildman–Crippen LogP) is 3.33. The molecule has 7 heteroatoms. The number of halogens is 3. The van der Waals surface area contributed by atoms with Crippen LogP contribution in [0.25, 0.3) is 0 Å². The van der Waals surface area contributed by atoms with Crippen LogP contribution in [-0.2, 0) is 14.3 Å². The minimum atomic E-state index is -5.15. The third-order valence-electron chi connectivity index (χ3n) is 7.41. The summed E-state index contributed by atoms with van der Waals surface area (Å²) in [4.78, 5) is 24.2. The Bertz CT molecular complexity index is 568. The van der Waals surface area contributed by atoms with E-state index in [0.29, 0.717) is 37.0 Å². The lowest BCUT2D eigenvalue weighted by atomic mass is 9.42. The van der Waals surface area contributed by atoms with Crippen molar-refractivity contribution < 1.29 is 27.5 Å². The molecule has 0 heterocycles. The molecular formula is C18H24F3NO3. The standard InChI is InChI=1S/C18H24F3NO3/c19-18(20,21)15(24)25-14(23)17(2-1-13(22)9-17)16-6-10-3-11(7-16)5-12(4-10)8-16/h10-13H,1-9,22H2/t10?,11?,12?,13-,16?,17+/m0/s1. The molecule has 0 radical (unpaired) electrons. The number of hydrogen-bond acceptors (Lipinski definition) is 4. The van der Waals surface area contributed by atoms with Gasteiger partial charge in [0.1, 0.15) is 0 Å². The van der Waals surface area contributed by atoms with Crippen LogP contribution in [0.2, 0.25) is 0 Å². The van der Waals surface area contributed by atoms with Gasteiger partial charge in [-0.2, -0.15) is 13.2 Å². The lowest BCUT2D eigenvalue weighted by molar-refractivity contribution is -0.213. The van der Waals surface area contributed by atoms with Gasteiger partial charge in [0.25, 0.3) is 0 Å². The van der Waals surface area contributed by atoms with Crippen LogP contribution in [0.4, 0.5) is 13.2 Å². The highest BCUT2D eigenvalue weighted by atomic mass is 19.4. The number of esters is 2. The third kappa shape index (κ3) is 2.61. The fourth-order valence-electron chi connectivity index (χ4n) is 6.90. The lowest BCUT2D eigenvalue weighted by Gasteiger charge is -2.62. The van der Waals surface area contributed by atoms with Gasteiger partial charge in [-0.05, 0) is 81.0 Å². The Morgan fingerprint density at radius 1 is 0.960 bits per heavy atom. The van der Waals surface area contributed by atoms with Crippen LogP contribution >= 0.6 is 0 Å². The molecule has 0 aromatic carbocycles. The van der Waals surface area contributed by atoms with E-state index >= 15 is 0 Å². The summed E-state index contributed by atoms with van der Waals surface area (Å²) in [7, 11) is 0. The molecule has 2 N–H and O–H groups in total. The first-order valence-corrected chi connectivity index (χ1v) is 9.23. The summed E-state index contributed by atoms with van der Waals surface area (Å²) < 4.78 is 42.2. The van der Waals surface area contributed by atoms with Crippen molar-refractivity contribution >= 4 is 11.9 Å². The van der Waals surface area contributed by atoms with Gasteiger partial charge in [0.15, 0.2) is 0 Å². The largest absolute Gasteiger partial charge is 0.491 e. The van der Waals surface area contributed by atoms with E-state index in [1.165, 1.54) is 0 Å². The first kappa shape index (κ1) is 17.3. The number of nitrogens with two attached hydrogens (primary N) is 1. The second-order valence-electron chi connectivity index (χ2n) is 8.96. The van der Waals surface area contributed by atoms with Gasteiger partial charge in [-0.15, -0.1) is 0 Å². The topological polar surface area (TPSA) is 69.4 Å². The van der Waals surface area contributed by atoms with Crippen molar-refractivity contribution in [3.8, 4) is 0 Å². The number of hydrogen-bond donors (Lipinski definition) is 1. The number of carbonyl (C=O) groups excluding carboxylic acids is 2. The molecule has 0 aromatic heterocycles.